The molecular weight excluding hydrogens is 250 g/mol. The minimum absolute atomic E-state index is 0.0181. The van der Waals surface area contributed by atoms with Crippen molar-refractivity contribution < 1.29 is 4.74 Å². The van der Waals surface area contributed by atoms with Gasteiger partial charge in [-0.25, -0.2) is 0 Å². The van der Waals surface area contributed by atoms with E-state index in [2.05, 4.69) is 22.2 Å². The van der Waals surface area contributed by atoms with Crippen LogP contribution in [0.2, 0.25) is 0 Å². The van der Waals surface area contributed by atoms with Crippen LogP contribution in [0.4, 0.5) is 0 Å². The number of aromatic nitrogens is 4. The van der Waals surface area contributed by atoms with Crippen molar-refractivity contribution in [3.8, 4) is 0 Å². The number of nitrogens with zero attached hydrogens (tertiary/aromatic N) is 4. The van der Waals surface area contributed by atoms with Gasteiger partial charge in [0.15, 0.2) is 5.82 Å². The molecule has 0 amide bonds. The molecule has 1 saturated carbocycles. The van der Waals surface area contributed by atoms with E-state index in [-0.39, 0.29) is 11.5 Å². The Morgan fingerprint density at radius 3 is 3.06 bits per heavy atom. The Kier molecular flexibility index (Phi) is 2.84. The Bertz CT molecular complexity index is 565. The third kappa shape index (κ3) is 1.65. The van der Waals surface area contributed by atoms with Crippen LogP contribution in [0.1, 0.15) is 37.0 Å². The highest BCUT2D eigenvalue weighted by Crippen LogP contribution is 2.41. The van der Waals surface area contributed by atoms with E-state index in [1.807, 2.05) is 0 Å². The minimum atomic E-state index is -0.0181. The molecule has 0 aliphatic heterocycles. The average Bonchev–Trinajstić information content (AvgIpc) is 2.98. The lowest BCUT2D eigenvalue weighted by atomic mass is 9.86. The molecule has 0 spiro atoms. The van der Waals surface area contributed by atoms with Crippen molar-refractivity contribution in [1.82, 2.24) is 19.8 Å². The van der Waals surface area contributed by atoms with E-state index < -0.39 is 0 Å². The van der Waals surface area contributed by atoms with E-state index in [1.54, 1.807) is 23.0 Å². The van der Waals surface area contributed by atoms with Crippen molar-refractivity contribution in [2.45, 2.75) is 44.2 Å². The summed E-state index contributed by atoms with van der Waals surface area (Å²) in [6.45, 7) is 2.62. The molecule has 2 N–H and O–H groups in total. The summed E-state index contributed by atoms with van der Waals surface area (Å²) >= 11 is 1.59. The monoisotopic (exact) mass is 267 g/mol. The molecule has 0 saturated heterocycles. The second-order valence-corrected chi connectivity index (χ2v) is 6.02. The first-order chi connectivity index (χ1) is 8.65. The lowest BCUT2D eigenvalue weighted by Crippen LogP contribution is -2.38. The zero-order valence-corrected chi connectivity index (χ0v) is 11.4. The standard InChI is InChI=1S/C11H17N5OS/c1-11(5-3-4-7(11)12)9-15-16-8(6-17-2)13-14-10(16)18-9/h7H,3-6,12H2,1-2H3. The summed E-state index contributed by atoms with van der Waals surface area (Å²) in [6, 6.07) is 0.187. The fraction of sp³-hybridized carbons (Fsp3) is 0.727. The van der Waals surface area contributed by atoms with Crippen LogP contribution in [0.15, 0.2) is 0 Å². The van der Waals surface area contributed by atoms with Crippen molar-refractivity contribution in [2.24, 2.45) is 5.73 Å². The summed E-state index contributed by atoms with van der Waals surface area (Å²) < 4.78 is 6.87. The summed E-state index contributed by atoms with van der Waals surface area (Å²) in [5.41, 5.74) is 6.21. The molecule has 18 heavy (non-hydrogen) atoms. The van der Waals surface area contributed by atoms with Crippen LogP contribution < -0.4 is 5.73 Å². The highest BCUT2D eigenvalue weighted by molar-refractivity contribution is 7.16. The molecule has 0 radical (unpaired) electrons. The van der Waals surface area contributed by atoms with Crippen molar-refractivity contribution >= 4 is 16.3 Å². The van der Waals surface area contributed by atoms with E-state index in [9.17, 15) is 0 Å². The molecular formula is C11H17N5OS. The number of hydrogen-bond acceptors (Lipinski definition) is 6. The van der Waals surface area contributed by atoms with Crippen LogP contribution in [0, 0.1) is 0 Å². The maximum absolute atomic E-state index is 6.23. The molecule has 0 aromatic carbocycles. The number of ether oxygens (including phenoxy) is 1. The Balaban J connectivity index is 2.03. The van der Waals surface area contributed by atoms with Crippen molar-refractivity contribution in [3.63, 3.8) is 0 Å². The molecule has 2 atom stereocenters. The van der Waals surface area contributed by atoms with Gasteiger partial charge in [0.1, 0.15) is 11.6 Å². The molecule has 2 unspecified atom stereocenters. The molecule has 98 valence electrons. The SMILES string of the molecule is COCc1nnc2sc(C3(C)CCCC3N)nn12. The zero-order chi connectivity index (χ0) is 12.8. The molecule has 1 fully saturated rings. The van der Waals surface area contributed by atoms with E-state index in [1.165, 1.54) is 6.42 Å². The number of rotatable bonds is 3. The maximum atomic E-state index is 6.23. The number of nitrogens with two attached hydrogens (primary N) is 1. The smallest absolute Gasteiger partial charge is 0.234 e. The summed E-state index contributed by atoms with van der Waals surface area (Å²) in [6.07, 6.45) is 3.34. The van der Waals surface area contributed by atoms with Crippen LogP contribution >= 0.6 is 11.3 Å². The summed E-state index contributed by atoms with van der Waals surface area (Å²) in [4.78, 5) is 0.817. The fourth-order valence-corrected chi connectivity index (χ4v) is 3.66. The summed E-state index contributed by atoms with van der Waals surface area (Å²) in [5.74, 6) is 0.741. The van der Waals surface area contributed by atoms with E-state index in [0.29, 0.717) is 6.61 Å². The van der Waals surface area contributed by atoms with E-state index in [0.717, 1.165) is 28.6 Å². The molecule has 6 nitrogen and oxygen atoms in total. The molecule has 2 aromatic heterocycles. The largest absolute Gasteiger partial charge is 0.377 e. The van der Waals surface area contributed by atoms with Gasteiger partial charge < -0.3 is 10.5 Å². The highest BCUT2D eigenvalue weighted by Gasteiger charge is 2.41. The Labute approximate surface area is 109 Å². The van der Waals surface area contributed by atoms with E-state index in [4.69, 9.17) is 10.5 Å². The lowest BCUT2D eigenvalue weighted by molar-refractivity contribution is 0.176. The van der Waals surface area contributed by atoms with Crippen molar-refractivity contribution in [2.75, 3.05) is 7.11 Å². The normalized spacial score (nSPS) is 28.3. The maximum Gasteiger partial charge on any atom is 0.234 e. The second kappa shape index (κ2) is 4.25. The highest BCUT2D eigenvalue weighted by atomic mass is 32.1. The van der Waals surface area contributed by atoms with Crippen LogP contribution in [-0.2, 0) is 16.8 Å². The van der Waals surface area contributed by atoms with Crippen LogP contribution in [-0.4, -0.2) is 33.0 Å². The fourth-order valence-electron chi connectivity index (χ4n) is 2.57. The molecule has 1 aliphatic carbocycles. The van der Waals surface area contributed by atoms with Gasteiger partial charge >= 0.3 is 0 Å². The lowest BCUT2D eigenvalue weighted by Gasteiger charge is -2.25. The van der Waals surface area contributed by atoms with Crippen LogP contribution in [0.25, 0.3) is 4.96 Å². The van der Waals surface area contributed by atoms with Crippen LogP contribution in [0.3, 0.4) is 0 Å². The van der Waals surface area contributed by atoms with Gasteiger partial charge in [0.25, 0.3) is 0 Å². The van der Waals surface area contributed by atoms with Gasteiger partial charge in [0.05, 0.1) is 0 Å². The first-order valence-electron chi connectivity index (χ1n) is 6.11. The second-order valence-electron chi connectivity index (χ2n) is 5.07. The zero-order valence-electron chi connectivity index (χ0n) is 10.6. The number of methoxy groups -OCH3 is 1. The van der Waals surface area contributed by atoms with Gasteiger partial charge in [0, 0.05) is 18.6 Å². The average molecular weight is 267 g/mol. The predicted octanol–water partition coefficient (Wildman–Crippen LogP) is 1.10. The molecule has 7 heteroatoms. The third-order valence-electron chi connectivity index (χ3n) is 3.85. The summed E-state index contributed by atoms with van der Waals surface area (Å²) in [5, 5.41) is 13.9. The van der Waals surface area contributed by atoms with Gasteiger partial charge in [-0.15, -0.1) is 10.2 Å². The Morgan fingerprint density at radius 2 is 2.39 bits per heavy atom. The van der Waals surface area contributed by atoms with Crippen molar-refractivity contribution in [1.29, 1.82) is 0 Å². The van der Waals surface area contributed by atoms with Crippen molar-refractivity contribution in [3.05, 3.63) is 10.8 Å². The van der Waals surface area contributed by atoms with Gasteiger partial charge in [-0.05, 0) is 12.8 Å². The van der Waals surface area contributed by atoms with Gasteiger partial charge in [0.2, 0.25) is 4.96 Å². The molecule has 2 aromatic rings. The topological polar surface area (TPSA) is 78.3 Å². The quantitative estimate of drug-likeness (QED) is 0.901. The molecule has 3 rings (SSSR count). The number of fused-ring (bicyclic) bond motifs is 1. The summed E-state index contributed by atoms with van der Waals surface area (Å²) in [7, 11) is 1.64. The molecule has 1 aliphatic rings. The number of hydrogen-bond donors (Lipinski definition) is 1. The molecule has 2 heterocycles. The first-order valence-corrected chi connectivity index (χ1v) is 6.93. The Hall–Kier alpha value is -1.05. The molecule has 0 bridgehead atoms. The van der Waals surface area contributed by atoms with Crippen LogP contribution in [0.5, 0.6) is 0 Å². The van der Waals surface area contributed by atoms with Gasteiger partial charge in [-0.2, -0.15) is 9.61 Å². The van der Waals surface area contributed by atoms with E-state index >= 15 is 0 Å². The van der Waals surface area contributed by atoms with Gasteiger partial charge in [-0.1, -0.05) is 24.7 Å². The first kappa shape index (κ1) is 12.0. The van der Waals surface area contributed by atoms with Gasteiger partial charge in [-0.3, -0.25) is 0 Å². The minimum Gasteiger partial charge on any atom is -0.377 e. The Morgan fingerprint density at radius 1 is 1.56 bits per heavy atom. The predicted molar refractivity (Wildman–Crippen MR) is 68.6 cm³/mol. The third-order valence-corrected chi connectivity index (χ3v) is 5.03.